The molecule has 0 saturated heterocycles. The Balaban J connectivity index is 2.34. The van der Waals surface area contributed by atoms with E-state index in [1.54, 1.807) is 30.3 Å². The van der Waals surface area contributed by atoms with Crippen molar-refractivity contribution in [1.29, 1.82) is 0 Å². The molecule has 1 atom stereocenters. The highest BCUT2D eigenvalue weighted by atomic mass is 35.5. The van der Waals surface area contributed by atoms with Gasteiger partial charge in [0.25, 0.3) is 5.69 Å². The fraction of sp³-hybridized carbons (Fsp3) is 0.188. The van der Waals surface area contributed by atoms with Gasteiger partial charge in [-0.25, -0.2) is 13.1 Å². The van der Waals surface area contributed by atoms with Crippen molar-refractivity contribution in [2.75, 3.05) is 0 Å². The first-order valence-electron chi connectivity index (χ1n) is 7.37. The van der Waals surface area contributed by atoms with E-state index in [1.165, 1.54) is 6.07 Å². The summed E-state index contributed by atoms with van der Waals surface area (Å²) in [5, 5.41) is 20.1. The molecule has 2 rings (SSSR count). The van der Waals surface area contributed by atoms with Gasteiger partial charge in [0.1, 0.15) is 0 Å². The van der Waals surface area contributed by atoms with Crippen LogP contribution in [0.15, 0.2) is 48.5 Å². The molecule has 0 aliphatic carbocycles. The molecule has 0 bridgehead atoms. The Hall–Kier alpha value is -2.49. The highest BCUT2D eigenvalue weighted by Gasteiger charge is 2.26. The summed E-state index contributed by atoms with van der Waals surface area (Å²) in [6, 6.07) is 10.5. The number of halogens is 1. The third-order valence-electron chi connectivity index (χ3n) is 3.47. The fourth-order valence-electron chi connectivity index (χ4n) is 2.35. The number of hydrogen-bond acceptors (Lipinski definition) is 5. The largest absolute Gasteiger partial charge is 0.481 e. The minimum atomic E-state index is -3.92. The Morgan fingerprint density at radius 3 is 2.46 bits per heavy atom. The van der Waals surface area contributed by atoms with Crippen molar-refractivity contribution in [2.24, 2.45) is 0 Å². The molecule has 138 valence electrons. The van der Waals surface area contributed by atoms with Crippen molar-refractivity contribution in [3.63, 3.8) is 0 Å². The summed E-state index contributed by atoms with van der Waals surface area (Å²) >= 11 is 6.02. The van der Waals surface area contributed by atoms with Gasteiger partial charge in [0.2, 0.25) is 10.0 Å². The van der Waals surface area contributed by atoms with E-state index >= 15 is 0 Å². The van der Waals surface area contributed by atoms with Gasteiger partial charge in [0.05, 0.1) is 23.1 Å². The van der Waals surface area contributed by atoms with Gasteiger partial charge in [-0.2, -0.15) is 0 Å². The predicted octanol–water partition coefficient (Wildman–Crippen LogP) is 2.88. The Morgan fingerprint density at radius 2 is 1.88 bits per heavy atom. The summed E-state index contributed by atoms with van der Waals surface area (Å²) in [6.07, 6.45) is -0.616. The molecule has 0 aliphatic heterocycles. The number of nitrogens with zero attached hydrogens (tertiary/aromatic N) is 1. The Bertz CT molecular complexity index is 918. The van der Waals surface area contributed by atoms with E-state index in [2.05, 4.69) is 4.72 Å². The minimum absolute atomic E-state index is 0.0277. The molecule has 0 saturated carbocycles. The van der Waals surface area contributed by atoms with Crippen LogP contribution in [0.4, 0.5) is 5.69 Å². The third-order valence-corrected chi connectivity index (χ3v) is 5.17. The van der Waals surface area contributed by atoms with Crippen LogP contribution >= 0.6 is 11.6 Å². The Labute approximate surface area is 154 Å². The highest BCUT2D eigenvalue weighted by molar-refractivity contribution is 7.88. The van der Waals surface area contributed by atoms with E-state index in [-0.39, 0.29) is 22.0 Å². The Morgan fingerprint density at radius 1 is 1.23 bits per heavy atom. The summed E-state index contributed by atoms with van der Waals surface area (Å²) in [4.78, 5) is 21.4. The normalized spacial score (nSPS) is 12.5. The molecular weight excluding hydrogens is 384 g/mol. The number of nitrogens with one attached hydrogen (secondary N) is 1. The SMILES string of the molecule is O=C(O)CC(NS(=O)(=O)Cc1ccccc1)c1cc([N+](=O)[O-])ccc1Cl. The quantitative estimate of drug-likeness (QED) is 0.520. The van der Waals surface area contributed by atoms with Crippen LogP contribution in [-0.2, 0) is 20.6 Å². The number of benzene rings is 2. The van der Waals surface area contributed by atoms with Gasteiger partial charge in [-0.1, -0.05) is 41.9 Å². The number of aliphatic carboxylic acids is 1. The molecule has 0 heterocycles. The van der Waals surface area contributed by atoms with Gasteiger partial charge in [0.15, 0.2) is 0 Å². The van der Waals surface area contributed by atoms with Crippen molar-refractivity contribution >= 4 is 33.3 Å². The second-order valence-electron chi connectivity index (χ2n) is 5.48. The van der Waals surface area contributed by atoms with E-state index in [1.807, 2.05) is 0 Å². The molecule has 0 fully saturated rings. The molecule has 10 heteroatoms. The molecule has 0 aromatic heterocycles. The lowest BCUT2D eigenvalue weighted by Crippen LogP contribution is -2.31. The van der Waals surface area contributed by atoms with Crippen molar-refractivity contribution in [2.45, 2.75) is 18.2 Å². The van der Waals surface area contributed by atoms with E-state index < -0.39 is 33.4 Å². The van der Waals surface area contributed by atoms with Crippen molar-refractivity contribution in [1.82, 2.24) is 4.72 Å². The van der Waals surface area contributed by atoms with Crippen molar-refractivity contribution in [3.05, 3.63) is 74.8 Å². The maximum Gasteiger partial charge on any atom is 0.305 e. The number of nitro groups is 1. The smallest absolute Gasteiger partial charge is 0.305 e. The van der Waals surface area contributed by atoms with Crippen LogP contribution in [0.1, 0.15) is 23.6 Å². The molecule has 0 amide bonds. The first-order chi connectivity index (χ1) is 12.2. The molecule has 2 aromatic rings. The van der Waals surface area contributed by atoms with Crippen molar-refractivity contribution in [3.8, 4) is 0 Å². The van der Waals surface area contributed by atoms with Crippen LogP contribution < -0.4 is 4.72 Å². The van der Waals surface area contributed by atoms with Gasteiger partial charge in [0, 0.05) is 17.2 Å². The predicted molar refractivity (Wildman–Crippen MR) is 95.3 cm³/mol. The van der Waals surface area contributed by atoms with Gasteiger partial charge in [-0.05, 0) is 17.2 Å². The average molecular weight is 399 g/mol. The summed E-state index contributed by atoms with van der Waals surface area (Å²) in [6.45, 7) is 0. The second-order valence-corrected chi connectivity index (χ2v) is 7.64. The second kappa shape index (κ2) is 8.26. The Kier molecular flexibility index (Phi) is 6.30. The molecule has 0 spiro atoms. The number of hydrogen-bond donors (Lipinski definition) is 2. The number of carboxylic acid groups (broad SMARTS) is 1. The van der Waals surface area contributed by atoms with E-state index in [0.717, 1.165) is 12.1 Å². The van der Waals surface area contributed by atoms with Gasteiger partial charge >= 0.3 is 5.97 Å². The number of sulfonamides is 1. The van der Waals surface area contributed by atoms with E-state index in [4.69, 9.17) is 16.7 Å². The molecule has 2 N–H and O–H groups in total. The summed E-state index contributed by atoms with van der Waals surface area (Å²) in [7, 11) is -3.92. The van der Waals surface area contributed by atoms with Gasteiger partial charge < -0.3 is 5.11 Å². The number of carbonyl (C=O) groups is 1. The van der Waals surface area contributed by atoms with Crippen LogP contribution in [0, 0.1) is 10.1 Å². The fourth-order valence-corrected chi connectivity index (χ4v) is 3.96. The zero-order valence-corrected chi connectivity index (χ0v) is 14.9. The van der Waals surface area contributed by atoms with Gasteiger partial charge in [-0.3, -0.25) is 14.9 Å². The average Bonchev–Trinajstić information content (AvgIpc) is 2.54. The first-order valence-corrected chi connectivity index (χ1v) is 9.40. The lowest BCUT2D eigenvalue weighted by Gasteiger charge is -2.18. The van der Waals surface area contributed by atoms with Crippen molar-refractivity contribution < 1.29 is 23.2 Å². The van der Waals surface area contributed by atoms with Crippen LogP contribution in [0.2, 0.25) is 5.02 Å². The van der Waals surface area contributed by atoms with Gasteiger partial charge in [-0.15, -0.1) is 0 Å². The number of non-ortho nitro benzene ring substituents is 1. The van der Waals surface area contributed by atoms with Crippen LogP contribution in [0.25, 0.3) is 0 Å². The maximum absolute atomic E-state index is 12.4. The molecule has 1 unspecified atom stereocenters. The zero-order chi connectivity index (χ0) is 19.3. The summed E-state index contributed by atoms with van der Waals surface area (Å²) < 4.78 is 27.1. The molecule has 0 aliphatic rings. The third kappa shape index (κ3) is 5.51. The minimum Gasteiger partial charge on any atom is -0.481 e. The van der Waals surface area contributed by atoms with E-state index in [9.17, 15) is 23.3 Å². The standard InChI is InChI=1S/C16H15ClN2O6S/c17-14-7-6-12(19(22)23)8-13(14)15(9-16(20)21)18-26(24,25)10-11-4-2-1-3-5-11/h1-8,15,18H,9-10H2,(H,20,21). The lowest BCUT2D eigenvalue weighted by atomic mass is 10.0. The maximum atomic E-state index is 12.4. The van der Waals surface area contributed by atoms with Crippen LogP contribution in [0.5, 0.6) is 0 Å². The topological polar surface area (TPSA) is 127 Å². The molecule has 0 radical (unpaired) electrons. The number of rotatable bonds is 8. The zero-order valence-electron chi connectivity index (χ0n) is 13.3. The monoisotopic (exact) mass is 398 g/mol. The molecule has 26 heavy (non-hydrogen) atoms. The van der Waals surface area contributed by atoms with Crippen LogP contribution in [-0.4, -0.2) is 24.4 Å². The summed E-state index contributed by atoms with van der Waals surface area (Å²) in [5.41, 5.74) is 0.223. The number of carboxylic acids is 1. The number of nitro benzene ring substituents is 1. The first kappa shape index (κ1) is 19.8. The van der Waals surface area contributed by atoms with Crippen LogP contribution in [0.3, 0.4) is 0 Å². The van der Waals surface area contributed by atoms with E-state index in [0.29, 0.717) is 5.56 Å². The summed E-state index contributed by atoms with van der Waals surface area (Å²) in [5.74, 6) is -1.64. The molecule has 8 nitrogen and oxygen atoms in total. The lowest BCUT2D eigenvalue weighted by molar-refractivity contribution is -0.384. The highest BCUT2D eigenvalue weighted by Crippen LogP contribution is 2.30. The molecular formula is C16H15ClN2O6S. The molecule has 2 aromatic carbocycles.